The summed E-state index contributed by atoms with van der Waals surface area (Å²) >= 11 is 0. The highest BCUT2D eigenvalue weighted by Gasteiger charge is 2.18. The standard InChI is InChI=1S/C11H22O2/c1-5-6-9(4)7-10(12)11(13)8(2)3/h9-13H,2,5-7H2,1,3-4H3. The average molecular weight is 186 g/mol. The van der Waals surface area contributed by atoms with Crippen LogP contribution in [0.4, 0.5) is 0 Å². The minimum Gasteiger partial charge on any atom is -0.390 e. The van der Waals surface area contributed by atoms with Crippen molar-refractivity contribution in [2.24, 2.45) is 5.92 Å². The van der Waals surface area contributed by atoms with Gasteiger partial charge in [-0.05, 0) is 24.8 Å². The van der Waals surface area contributed by atoms with Crippen LogP contribution in [-0.4, -0.2) is 22.4 Å². The van der Waals surface area contributed by atoms with Gasteiger partial charge < -0.3 is 10.2 Å². The van der Waals surface area contributed by atoms with Gasteiger partial charge in [-0.2, -0.15) is 0 Å². The number of rotatable bonds is 6. The maximum atomic E-state index is 9.57. The molecular weight excluding hydrogens is 164 g/mol. The smallest absolute Gasteiger partial charge is 0.100 e. The van der Waals surface area contributed by atoms with Crippen LogP contribution in [-0.2, 0) is 0 Å². The van der Waals surface area contributed by atoms with Gasteiger partial charge in [0.15, 0.2) is 0 Å². The van der Waals surface area contributed by atoms with Crippen LogP contribution in [0.2, 0.25) is 0 Å². The zero-order chi connectivity index (χ0) is 10.4. The molecule has 2 heteroatoms. The number of hydrogen-bond acceptors (Lipinski definition) is 2. The van der Waals surface area contributed by atoms with Gasteiger partial charge in [0.1, 0.15) is 6.10 Å². The highest BCUT2D eigenvalue weighted by atomic mass is 16.3. The Kier molecular flexibility index (Phi) is 6.00. The third kappa shape index (κ3) is 5.06. The predicted octanol–water partition coefficient (Wildman–Crippen LogP) is 2.11. The van der Waals surface area contributed by atoms with Crippen molar-refractivity contribution in [2.45, 2.75) is 52.2 Å². The molecule has 13 heavy (non-hydrogen) atoms. The van der Waals surface area contributed by atoms with Crippen LogP contribution in [0.1, 0.15) is 40.0 Å². The van der Waals surface area contributed by atoms with Gasteiger partial charge in [0.05, 0.1) is 6.10 Å². The second kappa shape index (κ2) is 6.17. The molecule has 0 amide bonds. The topological polar surface area (TPSA) is 40.5 Å². The van der Waals surface area contributed by atoms with Gasteiger partial charge in [0.2, 0.25) is 0 Å². The van der Waals surface area contributed by atoms with E-state index >= 15 is 0 Å². The summed E-state index contributed by atoms with van der Waals surface area (Å²) in [6.07, 6.45) is 1.46. The lowest BCUT2D eigenvalue weighted by Crippen LogP contribution is -2.28. The van der Waals surface area contributed by atoms with Crippen molar-refractivity contribution in [1.29, 1.82) is 0 Å². The number of aliphatic hydroxyl groups excluding tert-OH is 2. The fraction of sp³-hybridized carbons (Fsp3) is 0.818. The molecule has 0 spiro atoms. The number of aliphatic hydroxyl groups is 2. The molecule has 0 heterocycles. The Labute approximate surface area is 81.3 Å². The van der Waals surface area contributed by atoms with E-state index in [9.17, 15) is 10.2 Å². The van der Waals surface area contributed by atoms with Crippen molar-refractivity contribution in [3.8, 4) is 0 Å². The Bertz CT molecular complexity index is 154. The van der Waals surface area contributed by atoms with Crippen molar-refractivity contribution in [1.82, 2.24) is 0 Å². The van der Waals surface area contributed by atoms with Gasteiger partial charge >= 0.3 is 0 Å². The molecule has 0 saturated heterocycles. The third-order valence-corrected chi connectivity index (χ3v) is 2.29. The Morgan fingerprint density at radius 2 is 1.92 bits per heavy atom. The summed E-state index contributed by atoms with van der Waals surface area (Å²) in [5.41, 5.74) is 0.635. The van der Waals surface area contributed by atoms with E-state index in [4.69, 9.17) is 0 Å². The Morgan fingerprint density at radius 1 is 1.38 bits per heavy atom. The van der Waals surface area contributed by atoms with Crippen LogP contribution in [0.25, 0.3) is 0 Å². The normalized spacial score (nSPS) is 17.9. The molecule has 2 N–H and O–H groups in total. The molecule has 3 atom stereocenters. The molecule has 0 aromatic carbocycles. The molecule has 0 fully saturated rings. The Balaban J connectivity index is 3.84. The van der Waals surface area contributed by atoms with Gasteiger partial charge in [-0.15, -0.1) is 0 Å². The van der Waals surface area contributed by atoms with Crippen molar-refractivity contribution in [3.63, 3.8) is 0 Å². The molecule has 0 aliphatic carbocycles. The van der Waals surface area contributed by atoms with E-state index in [0.29, 0.717) is 17.9 Å². The molecule has 78 valence electrons. The molecule has 0 rings (SSSR count). The van der Waals surface area contributed by atoms with Crippen LogP contribution in [0.5, 0.6) is 0 Å². The highest BCUT2D eigenvalue weighted by molar-refractivity contribution is 5.00. The SMILES string of the molecule is C=C(C)C(O)C(O)CC(C)CCC. The maximum absolute atomic E-state index is 9.57. The molecule has 0 bridgehead atoms. The van der Waals surface area contributed by atoms with Gasteiger partial charge in [0, 0.05) is 0 Å². The first-order valence-corrected chi connectivity index (χ1v) is 5.00. The summed E-state index contributed by atoms with van der Waals surface area (Å²) in [5.74, 6) is 0.467. The summed E-state index contributed by atoms with van der Waals surface area (Å²) in [4.78, 5) is 0. The largest absolute Gasteiger partial charge is 0.390 e. The van der Waals surface area contributed by atoms with Crippen LogP contribution >= 0.6 is 0 Å². The van der Waals surface area contributed by atoms with E-state index in [1.54, 1.807) is 6.92 Å². The molecule has 0 aliphatic heterocycles. The molecular formula is C11H22O2. The predicted molar refractivity (Wildman–Crippen MR) is 55.5 cm³/mol. The van der Waals surface area contributed by atoms with Crippen LogP contribution in [0.15, 0.2) is 12.2 Å². The Morgan fingerprint density at radius 3 is 2.31 bits per heavy atom. The quantitative estimate of drug-likeness (QED) is 0.624. The van der Waals surface area contributed by atoms with Gasteiger partial charge in [-0.3, -0.25) is 0 Å². The lowest BCUT2D eigenvalue weighted by molar-refractivity contribution is 0.0266. The van der Waals surface area contributed by atoms with E-state index in [1.165, 1.54) is 0 Å². The molecule has 0 aromatic rings. The fourth-order valence-corrected chi connectivity index (χ4v) is 1.48. The van der Waals surface area contributed by atoms with E-state index in [2.05, 4.69) is 20.4 Å². The first kappa shape index (κ1) is 12.7. The minimum absolute atomic E-state index is 0.467. The van der Waals surface area contributed by atoms with Gasteiger partial charge in [-0.1, -0.05) is 33.3 Å². The first-order valence-electron chi connectivity index (χ1n) is 5.00. The first-order chi connectivity index (χ1) is 5.99. The number of hydrogen-bond donors (Lipinski definition) is 2. The molecule has 2 nitrogen and oxygen atoms in total. The summed E-state index contributed by atoms with van der Waals surface area (Å²) < 4.78 is 0. The molecule has 0 radical (unpaired) electrons. The summed E-state index contributed by atoms with van der Waals surface area (Å²) in [7, 11) is 0. The van der Waals surface area contributed by atoms with Crippen LogP contribution in [0, 0.1) is 5.92 Å². The van der Waals surface area contributed by atoms with Crippen molar-refractivity contribution >= 4 is 0 Å². The third-order valence-electron chi connectivity index (χ3n) is 2.29. The average Bonchev–Trinajstić information content (AvgIpc) is 2.03. The fourth-order valence-electron chi connectivity index (χ4n) is 1.48. The van der Waals surface area contributed by atoms with Crippen LogP contribution in [0.3, 0.4) is 0 Å². The van der Waals surface area contributed by atoms with E-state index in [1.807, 2.05) is 0 Å². The van der Waals surface area contributed by atoms with Crippen molar-refractivity contribution in [3.05, 3.63) is 12.2 Å². The van der Waals surface area contributed by atoms with Crippen molar-refractivity contribution < 1.29 is 10.2 Å². The minimum atomic E-state index is -0.765. The van der Waals surface area contributed by atoms with Crippen molar-refractivity contribution in [2.75, 3.05) is 0 Å². The van der Waals surface area contributed by atoms with E-state index in [0.717, 1.165) is 12.8 Å². The molecule has 0 aromatic heterocycles. The second-order valence-electron chi connectivity index (χ2n) is 3.99. The van der Waals surface area contributed by atoms with Gasteiger partial charge in [0.25, 0.3) is 0 Å². The molecule has 3 unspecified atom stereocenters. The second-order valence-corrected chi connectivity index (χ2v) is 3.99. The summed E-state index contributed by atoms with van der Waals surface area (Å²) in [5, 5.41) is 19.0. The van der Waals surface area contributed by atoms with Gasteiger partial charge in [-0.25, -0.2) is 0 Å². The zero-order valence-corrected chi connectivity index (χ0v) is 8.95. The van der Waals surface area contributed by atoms with E-state index in [-0.39, 0.29) is 0 Å². The Hall–Kier alpha value is -0.340. The monoisotopic (exact) mass is 186 g/mol. The highest BCUT2D eigenvalue weighted by Crippen LogP contribution is 2.16. The summed E-state index contributed by atoms with van der Waals surface area (Å²) in [6.45, 7) is 9.57. The maximum Gasteiger partial charge on any atom is 0.100 e. The lowest BCUT2D eigenvalue weighted by Gasteiger charge is -2.21. The zero-order valence-electron chi connectivity index (χ0n) is 8.95. The van der Waals surface area contributed by atoms with E-state index < -0.39 is 12.2 Å². The lowest BCUT2D eigenvalue weighted by atomic mass is 9.94. The van der Waals surface area contributed by atoms with Crippen LogP contribution < -0.4 is 0 Å². The molecule has 0 aliphatic rings. The summed E-state index contributed by atoms with van der Waals surface area (Å²) in [6, 6.07) is 0. The molecule has 0 saturated carbocycles.